The molecule has 0 spiro atoms. The van der Waals surface area contributed by atoms with Crippen molar-refractivity contribution in [2.24, 2.45) is 0 Å². The molecule has 0 aliphatic rings. The van der Waals surface area contributed by atoms with Crippen LogP contribution in [0.4, 0.5) is 4.39 Å². The van der Waals surface area contributed by atoms with Crippen molar-refractivity contribution < 1.29 is 23.8 Å². The number of halogens is 1. The molecule has 0 amide bonds. The number of unbranched alkanes of at least 4 members (excludes halogenated alkanes) is 5. The predicted octanol–water partition coefficient (Wildman–Crippen LogP) is 3.78. The molecular formula is C18H27FO4. The number of carbonyl (C=O) groups excluding carboxylic acids is 1. The van der Waals surface area contributed by atoms with E-state index in [0.29, 0.717) is 19.6 Å². The van der Waals surface area contributed by atoms with Gasteiger partial charge in [-0.25, -0.2) is 4.39 Å². The van der Waals surface area contributed by atoms with Crippen molar-refractivity contribution in [2.75, 3.05) is 19.8 Å². The summed E-state index contributed by atoms with van der Waals surface area (Å²) in [6.07, 6.45) is 6.28. The highest BCUT2D eigenvalue weighted by atomic mass is 19.1. The van der Waals surface area contributed by atoms with Crippen LogP contribution < -0.4 is 4.74 Å². The summed E-state index contributed by atoms with van der Waals surface area (Å²) >= 11 is 0. The molecule has 0 aromatic heterocycles. The van der Waals surface area contributed by atoms with Gasteiger partial charge in [-0.05, 0) is 37.5 Å². The Kier molecular flexibility index (Phi) is 10.2. The smallest absolute Gasteiger partial charge is 0.311 e. The number of aryl methyl sites for hydroxylation is 1. The second-order valence-corrected chi connectivity index (χ2v) is 5.62. The third kappa shape index (κ3) is 9.31. The fourth-order valence-corrected chi connectivity index (χ4v) is 2.21. The van der Waals surface area contributed by atoms with Crippen molar-refractivity contribution >= 4 is 5.97 Å². The molecule has 5 heteroatoms. The summed E-state index contributed by atoms with van der Waals surface area (Å²) < 4.78 is 23.8. The molecule has 1 N–H and O–H groups in total. The van der Waals surface area contributed by atoms with Crippen LogP contribution in [0, 0.1) is 12.7 Å². The molecule has 0 radical (unpaired) electrons. The Morgan fingerprint density at radius 1 is 1.09 bits per heavy atom. The summed E-state index contributed by atoms with van der Waals surface area (Å²) in [6.45, 7) is 2.95. The summed E-state index contributed by atoms with van der Waals surface area (Å²) in [5, 5.41) is 8.55. The van der Waals surface area contributed by atoms with Crippen LogP contribution >= 0.6 is 0 Å². The second kappa shape index (κ2) is 12.0. The maximum absolute atomic E-state index is 13.5. The van der Waals surface area contributed by atoms with Gasteiger partial charge in [-0.2, -0.15) is 0 Å². The Bertz CT molecular complexity index is 462. The summed E-state index contributed by atoms with van der Waals surface area (Å²) in [5.74, 6) is -0.879. The van der Waals surface area contributed by atoms with Gasteiger partial charge in [-0.3, -0.25) is 4.79 Å². The second-order valence-electron chi connectivity index (χ2n) is 5.62. The van der Waals surface area contributed by atoms with Gasteiger partial charge in [0, 0.05) is 13.0 Å². The molecule has 0 aliphatic carbocycles. The highest BCUT2D eigenvalue weighted by molar-refractivity contribution is 5.72. The molecule has 130 valence electrons. The van der Waals surface area contributed by atoms with Crippen molar-refractivity contribution in [3.05, 3.63) is 29.6 Å². The van der Waals surface area contributed by atoms with E-state index >= 15 is 0 Å². The number of hydrogen-bond acceptors (Lipinski definition) is 4. The van der Waals surface area contributed by atoms with E-state index in [1.807, 2.05) is 0 Å². The minimum Gasteiger partial charge on any atom is -0.423 e. The van der Waals surface area contributed by atoms with Gasteiger partial charge in [-0.1, -0.05) is 31.7 Å². The van der Waals surface area contributed by atoms with Crippen LogP contribution in [0.1, 0.15) is 50.5 Å². The van der Waals surface area contributed by atoms with E-state index < -0.39 is 5.82 Å². The highest BCUT2D eigenvalue weighted by Gasteiger charge is 2.09. The van der Waals surface area contributed by atoms with Crippen molar-refractivity contribution in [3.63, 3.8) is 0 Å². The number of aliphatic hydroxyl groups is 1. The number of carbonyl (C=O) groups is 1. The Morgan fingerprint density at radius 2 is 1.78 bits per heavy atom. The quantitative estimate of drug-likeness (QED) is 0.361. The fraction of sp³-hybridized carbons (Fsp3) is 0.611. The average Bonchev–Trinajstić information content (AvgIpc) is 2.52. The molecule has 4 nitrogen and oxygen atoms in total. The molecule has 0 atom stereocenters. The molecule has 1 rings (SSSR count). The van der Waals surface area contributed by atoms with Crippen LogP contribution in [0.25, 0.3) is 0 Å². The maximum Gasteiger partial charge on any atom is 0.311 e. The van der Waals surface area contributed by atoms with E-state index in [9.17, 15) is 9.18 Å². The third-order valence-corrected chi connectivity index (χ3v) is 3.47. The van der Waals surface area contributed by atoms with E-state index in [0.717, 1.165) is 44.1 Å². The first-order chi connectivity index (χ1) is 11.1. The molecule has 0 saturated carbocycles. The third-order valence-electron chi connectivity index (χ3n) is 3.47. The Labute approximate surface area is 137 Å². The van der Waals surface area contributed by atoms with Gasteiger partial charge in [0.25, 0.3) is 0 Å². The SMILES string of the molecule is Cc1ccc(OC(=O)CCCCCCCCOCCO)c(F)c1. The van der Waals surface area contributed by atoms with Gasteiger partial charge >= 0.3 is 5.97 Å². The number of ether oxygens (including phenoxy) is 2. The van der Waals surface area contributed by atoms with Crippen LogP contribution in [0.15, 0.2) is 18.2 Å². The number of hydrogen-bond donors (Lipinski definition) is 1. The summed E-state index contributed by atoms with van der Waals surface area (Å²) in [7, 11) is 0. The summed E-state index contributed by atoms with van der Waals surface area (Å²) in [4.78, 5) is 11.7. The van der Waals surface area contributed by atoms with Crippen LogP contribution in [0.2, 0.25) is 0 Å². The molecule has 0 unspecified atom stereocenters. The van der Waals surface area contributed by atoms with Crippen LogP contribution in [0.3, 0.4) is 0 Å². The Hall–Kier alpha value is -1.46. The zero-order valence-corrected chi connectivity index (χ0v) is 13.9. The first-order valence-electron chi connectivity index (χ1n) is 8.29. The Morgan fingerprint density at radius 3 is 2.48 bits per heavy atom. The molecule has 1 aromatic carbocycles. The zero-order chi connectivity index (χ0) is 16.9. The minimum atomic E-state index is -0.498. The lowest BCUT2D eigenvalue weighted by Gasteiger charge is -2.06. The van der Waals surface area contributed by atoms with Crippen molar-refractivity contribution in [2.45, 2.75) is 51.9 Å². The van der Waals surface area contributed by atoms with Crippen LogP contribution in [0.5, 0.6) is 5.75 Å². The zero-order valence-electron chi connectivity index (χ0n) is 13.9. The Balaban J connectivity index is 2.02. The molecule has 0 heterocycles. The lowest BCUT2D eigenvalue weighted by Crippen LogP contribution is -2.08. The number of rotatable bonds is 12. The normalized spacial score (nSPS) is 10.7. The maximum atomic E-state index is 13.5. The monoisotopic (exact) mass is 326 g/mol. The molecule has 23 heavy (non-hydrogen) atoms. The van der Waals surface area contributed by atoms with Gasteiger partial charge in [0.1, 0.15) is 0 Å². The van der Waals surface area contributed by atoms with E-state index in [-0.39, 0.29) is 18.3 Å². The van der Waals surface area contributed by atoms with Gasteiger partial charge in [0.2, 0.25) is 0 Å². The molecule has 0 fully saturated rings. The lowest BCUT2D eigenvalue weighted by atomic mass is 10.1. The number of aliphatic hydroxyl groups excluding tert-OH is 1. The van der Waals surface area contributed by atoms with Gasteiger partial charge in [0.05, 0.1) is 13.2 Å². The fourth-order valence-electron chi connectivity index (χ4n) is 2.21. The molecular weight excluding hydrogens is 299 g/mol. The van der Waals surface area contributed by atoms with Crippen LogP contribution in [-0.4, -0.2) is 30.9 Å². The predicted molar refractivity (Wildman–Crippen MR) is 87.0 cm³/mol. The first-order valence-corrected chi connectivity index (χ1v) is 8.29. The van der Waals surface area contributed by atoms with E-state index in [4.69, 9.17) is 14.6 Å². The largest absolute Gasteiger partial charge is 0.423 e. The molecule has 0 bridgehead atoms. The van der Waals surface area contributed by atoms with E-state index in [1.54, 1.807) is 13.0 Å². The minimum absolute atomic E-state index is 0.00322. The molecule has 0 aliphatic heterocycles. The standard InChI is InChI=1S/C18H27FO4/c1-15-9-10-17(16(19)14-15)23-18(21)8-6-4-2-3-5-7-12-22-13-11-20/h9-10,14,20H,2-8,11-13H2,1H3. The number of esters is 1. The molecule has 0 saturated heterocycles. The summed E-state index contributed by atoms with van der Waals surface area (Å²) in [6, 6.07) is 4.56. The van der Waals surface area contributed by atoms with E-state index in [1.165, 1.54) is 12.1 Å². The van der Waals surface area contributed by atoms with Gasteiger partial charge < -0.3 is 14.6 Å². The highest BCUT2D eigenvalue weighted by Crippen LogP contribution is 2.19. The van der Waals surface area contributed by atoms with Crippen LogP contribution in [-0.2, 0) is 9.53 Å². The van der Waals surface area contributed by atoms with Crippen molar-refractivity contribution in [1.29, 1.82) is 0 Å². The average molecular weight is 326 g/mol. The van der Waals surface area contributed by atoms with Crippen molar-refractivity contribution in [3.8, 4) is 5.75 Å². The van der Waals surface area contributed by atoms with Gasteiger partial charge in [-0.15, -0.1) is 0 Å². The first kappa shape index (κ1) is 19.6. The van der Waals surface area contributed by atoms with Crippen molar-refractivity contribution in [1.82, 2.24) is 0 Å². The topological polar surface area (TPSA) is 55.8 Å². The molecule has 1 aromatic rings. The van der Waals surface area contributed by atoms with E-state index in [2.05, 4.69) is 0 Å². The summed E-state index contributed by atoms with van der Waals surface area (Å²) in [5.41, 5.74) is 0.795. The van der Waals surface area contributed by atoms with Gasteiger partial charge in [0.15, 0.2) is 11.6 Å². The lowest BCUT2D eigenvalue weighted by molar-refractivity contribution is -0.134. The number of benzene rings is 1.